The zero-order valence-corrected chi connectivity index (χ0v) is 9.92. The highest BCUT2D eigenvalue weighted by Crippen LogP contribution is 2.04. The van der Waals surface area contributed by atoms with E-state index in [9.17, 15) is 0 Å². The molecule has 1 aliphatic rings. The van der Waals surface area contributed by atoms with Crippen LogP contribution in [0.2, 0.25) is 0 Å². The third-order valence-electron chi connectivity index (χ3n) is 2.99. The Kier molecular flexibility index (Phi) is 5.45. The first-order valence-corrected chi connectivity index (χ1v) is 5.91. The average molecular weight is 199 g/mol. The highest BCUT2D eigenvalue weighted by molar-refractivity contribution is 4.74. The van der Waals surface area contributed by atoms with Gasteiger partial charge in [-0.3, -0.25) is 9.80 Å². The molecule has 3 nitrogen and oxygen atoms in total. The molecule has 0 bridgehead atoms. The highest BCUT2D eigenvalue weighted by atomic mass is 15.3. The minimum Gasteiger partial charge on any atom is -0.316 e. The van der Waals surface area contributed by atoms with Crippen molar-refractivity contribution in [3.63, 3.8) is 0 Å². The second-order valence-electron chi connectivity index (χ2n) is 4.32. The van der Waals surface area contributed by atoms with Crippen molar-refractivity contribution in [3.05, 3.63) is 0 Å². The Morgan fingerprint density at radius 3 is 2.29 bits per heavy atom. The number of piperazine rings is 1. The molecular formula is C11H25N3. The molecule has 0 amide bonds. The van der Waals surface area contributed by atoms with Gasteiger partial charge in [-0.25, -0.2) is 0 Å². The van der Waals surface area contributed by atoms with Gasteiger partial charge in [0.25, 0.3) is 0 Å². The molecule has 1 heterocycles. The van der Waals surface area contributed by atoms with E-state index in [0.717, 1.165) is 13.1 Å². The smallest absolute Gasteiger partial charge is 0.0113 e. The molecule has 1 fully saturated rings. The standard InChI is InChI=1S/C11H25N3/c1-4-12-5-6-13-7-9-14(10-8-13)11(2)3/h11-12H,4-10H2,1-3H3. The van der Waals surface area contributed by atoms with E-state index in [4.69, 9.17) is 0 Å². The highest BCUT2D eigenvalue weighted by Gasteiger charge is 2.17. The summed E-state index contributed by atoms with van der Waals surface area (Å²) in [5.41, 5.74) is 0. The molecule has 14 heavy (non-hydrogen) atoms. The van der Waals surface area contributed by atoms with Gasteiger partial charge in [0.1, 0.15) is 0 Å². The fourth-order valence-corrected chi connectivity index (χ4v) is 1.92. The Bertz CT molecular complexity index is 139. The number of hydrogen-bond acceptors (Lipinski definition) is 3. The van der Waals surface area contributed by atoms with Gasteiger partial charge in [0.15, 0.2) is 0 Å². The van der Waals surface area contributed by atoms with Gasteiger partial charge in [-0.2, -0.15) is 0 Å². The molecule has 0 atom stereocenters. The molecule has 1 rings (SSSR count). The quantitative estimate of drug-likeness (QED) is 0.655. The third kappa shape index (κ3) is 3.95. The lowest BCUT2D eigenvalue weighted by molar-refractivity contribution is 0.109. The van der Waals surface area contributed by atoms with Crippen molar-refractivity contribution < 1.29 is 0 Å². The van der Waals surface area contributed by atoms with Crippen molar-refractivity contribution in [2.45, 2.75) is 26.8 Å². The molecular weight excluding hydrogens is 174 g/mol. The van der Waals surface area contributed by atoms with Gasteiger partial charge < -0.3 is 5.32 Å². The normalized spacial score (nSPS) is 20.6. The third-order valence-corrected chi connectivity index (χ3v) is 2.99. The summed E-state index contributed by atoms with van der Waals surface area (Å²) in [7, 11) is 0. The number of nitrogens with zero attached hydrogens (tertiary/aromatic N) is 2. The maximum atomic E-state index is 3.37. The lowest BCUT2D eigenvalue weighted by atomic mass is 10.2. The molecule has 3 heteroatoms. The molecule has 1 saturated heterocycles. The number of hydrogen-bond donors (Lipinski definition) is 1. The molecule has 1 N–H and O–H groups in total. The van der Waals surface area contributed by atoms with Gasteiger partial charge in [0.2, 0.25) is 0 Å². The van der Waals surface area contributed by atoms with E-state index in [2.05, 4.69) is 35.9 Å². The largest absolute Gasteiger partial charge is 0.316 e. The minimum absolute atomic E-state index is 0.714. The summed E-state index contributed by atoms with van der Waals surface area (Å²) in [5.74, 6) is 0. The molecule has 0 unspecified atom stereocenters. The lowest BCUT2D eigenvalue weighted by Gasteiger charge is -2.36. The Labute approximate surface area is 88.5 Å². The Morgan fingerprint density at radius 1 is 1.14 bits per heavy atom. The maximum absolute atomic E-state index is 3.37. The predicted molar refractivity (Wildman–Crippen MR) is 61.7 cm³/mol. The summed E-state index contributed by atoms with van der Waals surface area (Å²) >= 11 is 0. The fraction of sp³-hybridized carbons (Fsp3) is 1.00. The predicted octanol–water partition coefficient (Wildman–Crippen LogP) is 0.622. The van der Waals surface area contributed by atoms with Crippen molar-refractivity contribution in [3.8, 4) is 0 Å². The summed E-state index contributed by atoms with van der Waals surface area (Å²) in [5, 5.41) is 3.37. The number of rotatable bonds is 5. The molecule has 0 aromatic carbocycles. The van der Waals surface area contributed by atoms with Crippen molar-refractivity contribution in [1.29, 1.82) is 0 Å². The van der Waals surface area contributed by atoms with E-state index >= 15 is 0 Å². The number of nitrogens with one attached hydrogen (secondary N) is 1. The van der Waals surface area contributed by atoms with Crippen LogP contribution < -0.4 is 5.32 Å². The van der Waals surface area contributed by atoms with Crippen LogP contribution in [0.3, 0.4) is 0 Å². The molecule has 0 saturated carbocycles. The summed E-state index contributed by atoms with van der Waals surface area (Å²) in [4.78, 5) is 5.12. The van der Waals surface area contributed by atoms with Crippen LogP contribution in [0.5, 0.6) is 0 Å². The van der Waals surface area contributed by atoms with Crippen LogP contribution in [0.25, 0.3) is 0 Å². The zero-order valence-electron chi connectivity index (χ0n) is 9.92. The van der Waals surface area contributed by atoms with Gasteiger partial charge in [-0.15, -0.1) is 0 Å². The van der Waals surface area contributed by atoms with Crippen molar-refractivity contribution in [2.75, 3.05) is 45.8 Å². The second-order valence-corrected chi connectivity index (χ2v) is 4.32. The first kappa shape index (κ1) is 12.0. The van der Waals surface area contributed by atoms with E-state index in [1.54, 1.807) is 0 Å². The van der Waals surface area contributed by atoms with Crippen LogP contribution >= 0.6 is 0 Å². The Balaban J connectivity index is 2.09. The summed E-state index contributed by atoms with van der Waals surface area (Å²) in [6.07, 6.45) is 0. The van der Waals surface area contributed by atoms with Gasteiger partial charge in [-0.1, -0.05) is 6.92 Å². The monoisotopic (exact) mass is 199 g/mol. The summed E-state index contributed by atoms with van der Waals surface area (Å²) in [6, 6.07) is 0.714. The van der Waals surface area contributed by atoms with E-state index in [0.29, 0.717) is 6.04 Å². The van der Waals surface area contributed by atoms with E-state index in [1.807, 2.05) is 0 Å². The van der Waals surface area contributed by atoms with Gasteiger partial charge in [-0.05, 0) is 20.4 Å². The van der Waals surface area contributed by atoms with Gasteiger partial charge in [0.05, 0.1) is 0 Å². The van der Waals surface area contributed by atoms with Gasteiger partial charge in [0, 0.05) is 45.3 Å². The molecule has 0 aliphatic carbocycles. The van der Waals surface area contributed by atoms with E-state index < -0.39 is 0 Å². The molecule has 84 valence electrons. The minimum atomic E-state index is 0.714. The molecule has 1 aliphatic heterocycles. The zero-order chi connectivity index (χ0) is 10.4. The average Bonchev–Trinajstić information content (AvgIpc) is 2.19. The number of likely N-dealkylation sites (N-methyl/N-ethyl adjacent to an activating group) is 1. The van der Waals surface area contributed by atoms with Crippen molar-refractivity contribution in [1.82, 2.24) is 15.1 Å². The molecule has 0 aromatic heterocycles. The Morgan fingerprint density at radius 2 is 1.79 bits per heavy atom. The first-order chi connectivity index (χ1) is 6.74. The van der Waals surface area contributed by atoms with Crippen LogP contribution in [0.4, 0.5) is 0 Å². The maximum Gasteiger partial charge on any atom is 0.0113 e. The Hall–Kier alpha value is -0.120. The topological polar surface area (TPSA) is 18.5 Å². The van der Waals surface area contributed by atoms with Crippen LogP contribution in [0, 0.1) is 0 Å². The summed E-state index contributed by atoms with van der Waals surface area (Å²) in [6.45, 7) is 15.1. The van der Waals surface area contributed by atoms with E-state index in [1.165, 1.54) is 32.7 Å². The molecule has 0 aromatic rings. The first-order valence-electron chi connectivity index (χ1n) is 5.91. The van der Waals surface area contributed by atoms with Crippen molar-refractivity contribution in [2.24, 2.45) is 0 Å². The lowest BCUT2D eigenvalue weighted by Crippen LogP contribution is -2.50. The van der Waals surface area contributed by atoms with Crippen LogP contribution in [0.15, 0.2) is 0 Å². The van der Waals surface area contributed by atoms with Crippen LogP contribution in [-0.2, 0) is 0 Å². The SMILES string of the molecule is CCNCCN1CCN(C(C)C)CC1. The van der Waals surface area contributed by atoms with Crippen LogP contribution in [-0.4, -0.2) is 61.7 Å². The molecule has 0 radical (unpaired) electrons. The fourth-order valence-electron chi connectivity index (χ4n) is 1.92. The molecule has 0 spiro atoms. The van der Waals surface area contributed by atoms with Crippen molar-refractivity contribution >= 4 is 0 Å². The summed E-state index contributed by atoms with van der Waals surface area (Å²) < 4.78 is 0. The van der Waals surface area contributed by atoms with Gasteiger partial charge >= 0.3 is 0 Å². The van der Waals surface area contributed by atoms with E-state index in [-0.39, 0.29) is 0 Å². The second kappa shape index (κ2) is 6.38. The van der Waals surface area contributed by atoms with Crippen LogP contribution in [0.1, 0.15) is 20.8 Å².